The van der Waals surface area contributed by atoms with Crippen molar-refractivity contribution in [2.75, 3.05) is 18.0 Å². The summed E-state index contributed by atoms with van der Waals surface area (Å²) in [4.78, 5) is 22.7. The molecule has 0 spiro atoms. The summed E-state index contributed by atoms with van der Waals surface area (Å²) in [6.07, 6.45) is -2.56. The first kappa shape index (κ1) is 22.0. The van der Waals surface area contributed by atoms with Crippen molar-refractivity contribution in [2.45, 2.75) is 45.5 Å². The SMILES string of the molecule is CC[C@H]1CN(c2ccc(C(F)(F)F)c(C(=O)c3cccnc3[NH])n2)C[C@H](C(C)C)N1. The lowest BCUT2D eigenvalue weighted by atomic mass is 9.98. The second-order valence-corrected chi connectivity index (χ2v) is 7.82. The fourth-order valence-corrected chi connectivity index (χ4v) is 3.57. The van der Waals surface area contributed by atoms with Crippen LogP contribution >= 0.6 is 0 Å². The van der Waals surface area contributed by atoms with Crippen LogP contribution in [0.2, 0.25) is 0 Å². The molecule has 9 heteroatoms. The largest absolute Gasteiger partial charge is 0.418 e. The third-order valence-electron chi connectivity index (χ3n) is 5.38. The predicted octanol–water partition coefficient (Wildman–Crippen LogP) is 3.85. The van der Waals surface area contributed by atoms with Crippen molar-refractivity contribution in [3.05, 3.63) is 47.3 Å². The Hall–Kier alpha value is -2.68. The second kappa shape index (κ2) is 8.59. The molecule has 1 fully saturated rings. The van der Waals surface area contributed by atoms with E-state index in [1.807, 2.05) is 11.8 Å². The van der Waals surface area contributed by atoms with Crippen molar-refractivity contribution in [3.63, 3.8) is 0 Å². The van der Waals surface area contributed by atoms with Gasteiger partial charge in [-0.2, -0.15) is 13.2 Å². The Morgan fingerprint density at radius 1 is 1.30 bits per heavy atom. The topological polar surface area (TPSA) is 81.9 Å². The van der Waals surface area contributed by atoms with Gasteiger partial charge in [0.2, 0.25) is 5.78 Å². The third-order valence-corrected chi connectivity index (χ3v) is 5.38. The second-order valence-electron chi connectivity index (χ2n) is 7.82. The molecule has 1 radical (unpaired) electrons. The van der Waals surface area contributed by atoms with E-state index in [0.717, 1.165) is 12.5 Å². The van der Waals surface area contributed by atoms with Gasteiger partial charge < -0.3 is 10.2 Å². The van der Waals surface area contributed by atoms with Crippen molar-refractivity contribution >= 4 is 17.4 Å². The summed E-state index contributed by atoms with van der Waals surface area (Å²) in [5.74, 6) is -0.674. The van der Waals surface area contributed by atoms with Gasteiger partial charge in [0, 0.05) is 31.4 Å². The van der Waals surface area contributed by atoms with Crippen molar-refractivity contribution in [1.29, 1.82) is 0 Å². The van der Waals surface area contributed by atoms with Crippen molar-refractivity contribution in [1.82, 2.24) is 21.0 Å². The summed E-state index contributed by atoms with van der Waals surface area (Å²) >= 11 is 0. The Morgan fingerprint density at radius 2 is 2.03 bits per heavy atom. The lowest BCUT2D eigenvalue weighted by molar-refractivity contribution is -0.138. The zero-order chi connectivity index (χ0) is 22.1. The molecule has 2 atom stereocenters. The smallest absolute Gasteiger partial charge is 0.353 e. The van der Waals surface area contributed by atoms with Gasteiger partial charge in [0.05, 0.1) is 11.1 Å². The molecule has 30 heavy (non-hydrogen) atoms. The van der Waals surface area contributed by atoms with Crippen LogP contribution in [0.25, 0.3) is 0 Å². The highest BCUT2D eigenvalue weighted by Crippen LogP contribution is 2.34. The van der Waals surface area contributed by atoms with E-state index in [0.29, 0.717) is 24.8 Å². The fourth-order valence-electron chi connectivity index (χ4n) is 3.57. The van der Waals surface area contributed by atoms with Crippen LogP contribution in [0, 0.1) is 5.92 Å². The maximum Gasteiger partial charge on any atom is 0.418 e. The monoisotopic (exact) mass is 420 g/mol. The first-order chi connectivity index (χ1) is 14.1. The normalized spacial score (nSPS) is 19.9. The summed E-state index contributed by atoms with van der Waals surface area (Å²) in [5.41, 5.74) is 5.77. The maximum absolute atomic E-state index is 13.6. The number of nitrogens with zero attached hydrogens (tertiary/aromatic N) is 3. The minimum atomic E-state index is -4.74. The van der Waals surface area contributed by atoms with Gasteiger partial charge in [-0.15, -0.1) is 0 Å². The van der Waals surface area contributed by atoms with Gasteiger partial charge in [-0.25, -0.2) is 9.97 Å². The molecule has 1 aliphatic rings. The van der Waals surface area contributed by atoms with Crippen LogP contribution in [0.5, 0.6) is 0 Å². The molecule has 1 aliphatic heterocycles. The van der Waals surface area contributed by atoms with E-state index in [4.69, 9.17) is 5.73 Å². The number of alkyl halides is 3. The lowest BCUT2D eigenvalue weighted by Crippen LogP contribution is -2.58. The van der Waals surface area contributed by atoms with E-state index >= 15 is 0 Å². The fraction of sp³-hybridized carbons (Fsp3) is 0.476. The number of hydrogen-bond donors (Lipinski definition) is 1. The minimum Gasteiger partial charge on any atom is -0.353 e. The standard InChI is InChI=1S/C21H25F3N5O/c1-4-13-10-29(11-16(27-13)12(2)3)17-8-7-15(21(22,23)24)18(28-17)19(30)14-6-5-9-26-20(14)25/h5-9,12-13,16,25,27H,4,10-11H2,1-3H3/t13-,16+/m0/s1. The van der Waals surface area contributed by atoms with Crippen molar-refractivity contribution in [2.24, 2.45) is 5.92 Å². The molecule has 6 nitrogen and oxygen atoms in total. The van der Waals surface area contributed by atoms with Crippen LogP contribution in [0.15, 0.2) is 30.5 Å². The van der Waals surface area contributed by atoms with Crippen molar-refractivity contribution < 1.29 is 18.0 Å². The molecule has 1 saturated heterocycles. The van der Waals surface area contributed by atoms with E-state index in [1.54, 1.807) is 0 Å². The predicted molar refractivity (Wildman–Crippen MR) is 108 cm³/mol. The highest BCUT2D eigenvalue weighted by atomic mass is 19.4. The van der Waals surface area contributed by atoms with Crippen molar-refractivity contribution in [3.8, 4) is 0 Å². The maximum atomic E-state index is 13.6. The molecule has 0 aromatic carbocycles. The number of ketones is 1. The van der Waals surface area contributed by atoms with Gasteiger partial charge in [0.1, 0.15) is 11.5 Å². The Balaban J connectivity index is 2.05. The van der Waals surface area contributed by atoms with E-state index in [2.05, 4.69) is 29.1 Å². The molecular formula is C21H25F3N5O. The average molecular weight is 420 g/mol. The molecule has 2 N–H and O–H groups in total. The summed E-state index contributed by atoms with van der Waals surface area (Å²) in [6.45, 7) is 7.38. The summed E-state index contributed by atoms with van der Waals surface area (Å²) in [6, 6.07) is 5.26. The van der Waals surface area contributed by atoms with Crippen LogP contribution in [-0.2, 0) is 6.18 Å². The Bertz CT molecular complexity index is 916. The average Bonchev–Trinajstić information content (AvgIpc) is 2.72. The molecule has 0 aliphatic carbocycles. The molecule has 0 saturated carbocycles. The van der Waals surface area contributed by atoms with Gasteiger partial charge in [-0.3, -0.25) is 10.5 Å². The number of piperazine rings is 1. The van der Waals surface area contributed by atoms with Crippen LogP contribution < -0.4 is 16.0 Å². The van der Waals surface area contributed by atoms with Gasteiger partial charge in [-0.1, -0.05) is 20.8 Å². The zero-order valence-electron chi connectivity index (χ0n) is 17.1. The van der Waals surface area contributed by atoms with Crippen LogP contribution in [0.1, 0.15) is 48.8 Å². The van der Waals surface area contributed by atoms with E-state index in [1.165, 1.54) is 24.4 Å². The van der Waals surface area contributed by atoms with Crippen LogP contribution in [0.4, 0.5) is 24.8 Å². The molecule has 0 amide bonds. The summed E-state index contributed by atoms with van der Waals surface area (Å²) in [5, 5.41) is 3.56. The summed E-state index contributed by atoms with van der Waals surface area (Å²) in [7, 11) is 0. The number of pyridine rings is 2. The highest BCUT2D eigenvalue weighted by molar-refractivity contribution is 6.11. The van der Waals surface area contributed by atoms with Gasteiger partial charge in [0.25, 0.3) is 0 Å². The van der Waals surface area contributed by atoms with Crippen LogP contribution in [0.3, 0.4) is 0 Å². The summed E-state index contributed by atoms with van der Waals surface area (Å²) < 4.78 is 40.8. The molecule has 3 heterocycles. The number of aromatic nitrogens is 2. The number of rotatable bonds is 5. The van der Waals surface area contributed by atoms with E-state index < -0.39 is 23.2 Å². The number of carbonyl (C=O) groups excluding carboxylic acids is 1. The van der Waals surface area contributed by atoms with E-state index in [9.17, 15) is 18.0 Å². The molecule has 3 rings (SSSR count). The first-order valence-electron chi connectivity index (χ1n) is 9.92. The zero-order valence-corrected chi connectivity index (χ0v) is 17.1. The lowest BCUT2D eigenvalue weighted by Gasteiger charge is -2.41. The number of halogens is 3. The Morgan fingerprint density at radius 3 is 2.63 bits per heavy atom. The Kier molecular flexibility index (Phi) is 6.30. The van der Waals surface area contributed by atoms with E-state index in [-0.39, 0.29) is 23.5 Å². The number of carbonyl (C=O) groups is 1. The number of anilines is 1. The highest BCUT2D eigenvalue weighted by Gasteiger charge is 2.38. The Labute approximate surface area is 173 Å². The molecule has 2 aromatic rings. The first-order valence-corrected chi connectivity index (χ1v) is 9.92. The van der Waals surface area contributed by atoms with Gasteiger partial charge in [0.15, 0.2) is 5.82 Å². The molecule has 161 valence electrons. The van der Waals surface area contributed by atoms with Crippen LogP contribution in [-0.4, -0.2) is 40.9 Å². The molecule has 2 aromatic heterocycles. The molecular weight excluding hydrogens is 395 g/mol. The number of nitrogens with one attached hydrogen (secondary N) is 2. The molecule has 0 unspecified atom stereocenters. The number of hydrogen-bond acceptors (Lipinski definition) is 5. The van der Waals surface area contributed by atoms with Gasteiger partial charge >= 0.3 is 6.18 Å². The third kappa shape index (κ3) is 4.56. The quantitative estimate of drug-likeness (QED) is 0.743. The minimum absolute atomic E-state index is 0.158. The molecule has 0 bridgehead atoms. The van der Waals surface area contributed by atoms with Gasteiger partial charge in [-0.05, 0) is 36.6 Å².